The lowest BCUT2D eigenvalue weighted by atomic mass is 10.2. The molecule has 1 aliphatic heterocycles. The third-order valence-electron chi connectivity index (χ3n) is 3.69. The number of hydrogen-bond acceptors (Lipinski definition) is 4. The average Bonchev–Trinajstić information content (AvgIpc) is 3.07. The van der Waals surface area contributed by atoms with Gasteiger partial charge in [-0.05, 0) is 25.5 Å². The van der Waals surface area contributed by atoms with Gasteiger partial charge in [0.1, 0.15) is 6.04 Å². The zero-order valence-corrected chi connectivity index (χ0v) is 12.5. The predicted octanol–water partition coefficient (Wildman–Crippen LogP) is 0.659. The average molecular weight is 299 g/mol. The molecule has 0 aromatic carbocycles. The van der Waals surface area contributed by atoms with Crippen molar-refractivity contribution in [3.63, 3.8) is 0 Å². The molecule has 1 aliphatic rings. The van der Waals surface area contributed by atoms with Crippen molar-refractivity contribution in [1.82, 2.24) is 20.1 Å². The summed E-state index contributed by atoms with van der Waals surface area (Å²) in [5.74, 6) is -0.389. The van der Waals surface area contributed by atoms with Crippen molar-refractivity contribution in [2.75, 3.05) is 11.4 Å². The molecule has 2 amide bonds. The van der Waals surface area contributed by atoms with Crippen molar-refractivity contribution in [2.45, 2.75) is 19.4 Å². The molecule has 0 aliphatic carbocycles. The van der Waals surface area contributed by atoms with E-state index < -0.39 is 6.04 Å². The monoisotopic (exact) mass is 299 g/mol. The van der Waals surface area contributed by atoms with Gasteiger partial charge in [0.05, 0.1) is 17.4 Å². The lowest BCUT2D eigenvalue weighted by Crippen LogP contribution is -2.41. The molecule has 2 aromatic heterocycles. The van der Waals surface area contributed by atoms with Crippen LogP contribution < -0.4 is 10.2 Å². The standard InChI is InChI=1S/C15H17N5O2/c1-10-3-4-11(7-16-10)14(21)18-13-5-6-20(15(13)22)12-8-17-19(2)9-12/h3-4,7-9,13H,5-6H2,1-2H3,(H,18,21)/t13-/m0/s1. The Balaban J connectivity index is 1.68. The molecule has 2 aromatic rings. The van der Waals surface area contributed by atoms with Gasteiger partial charge in [0, 0.05) is 31.7 Å². The number of anilines is 1. The summed E-state index contributed by atoms with van der Waals surface area (Å²) in [5.41, 5.74) is 2.05. The highest BCUT2D eigenvalue weighted by molar-refractivity contribution is 6.03. The highest BCUT2D eigenvalue weighted by Crippen LogP contribution is 2.20. The molecule has 0 unspecified atom stereocenters. The van der Waals surface area contributed by atoms with Crippen molar-refractivity contribution >= 4 is 17.5 Å². The van der Waals surface area contributed by atoms with Gasteiger partial charge in [0.25, 0.3) is 5.91 Å². The van der Waals surface area contributed by atoms with Gasteiger partial charge in [-0.1, -0.05) is 0 Å². The van der Waals surface area contributed by atoms with Crippen molar-refractivity contribution in [3.8, 4) is 0 Å². The van der Waals surface area contributed by atoms with Gasteiger partial charge in [-0.2, -0.15) is 5.10 Å². The van der Waals surface area contributed by atoms with Gasteiger partial charge >= 0.3 is 0 Å². The number of aromatic nitrogens is 3. The summed E-state index contributed by atoms with van der Waals surface area (Å²) in [4.78, 5) is 30.3. The maximum absolute atomic E-state index is 12.4. The van der Waals surface area contributed by atoms with Crippen LogP contribution in [0, 0.1) is 6.92 Å². The molecule has 1 saturated heterocycles. The molecule has 0 bridgehead atoms. The van der Waals surface area contributed by atoms with Crippen molar-refractivity contribution in [2.24, 2.45) is 7.05 Å². The van der Waals surface area contributed by atoms with Crippen molar-refractivity contribution in [1.29, 1.82) is 0 Å². The van der Waals surface area contributed by atoms with Crippen LogP contribution in [0.2, 0.25) is 0 Å². The molecule has 0 radical (unpaired) electrons. The number of carbonyl (C=O) groups is 2. The SMILES string of the molecule is Cc1ccc(C(=O)N[C@H]2CCN(c3cnn(C)c3)C2=O)cn1. The van der Waals surface area contributed by atoms with E-state index in [2.05, 4.69) is 15.4 Å². The van der Waals surface area contributed by atoms with Crippen LogP contribution in [-0.2, 0) is 11.8 Å². The summed E-state index contributed by atoms with van der Waals surface area (Å²) < 4.78 is 1.65. The van der Waals surface area contributed by atoms with E-state index in [1.807, 2.05) is 6.92 Å². The highest BCUT2D eigenvalue weighted by atomic mass is 16.2. The Morgan fingerprint density at radius 1 is 1.36 bits per heavy atom. The number of hydrogen-bond donors (Lipinski definition) is 1. The zero-order chi connectivity index (χ0) is 15.7. The second kappa shape index (κ2) is 5.59. The quantitative estimate of drug-likeness (QED) is 0.903. The van der Waals surface area contributed by atoms with Crippen LogP contribution in [0.5, 0.6) is 0 Å². The van der Waals surface area contributed by atoms with E-state index in [1.165, 1.54) is 6.20 Å². The molecule has 1 N–H and O–H groups in total. The van der Waals surface area contributed by atoms with E-state index >= 15 is 0 Å². The van der Waals surface area contributed by atoms with Crippen LogP contribution in [0.25, 0.3) is 0 Å². The smallest absolute Gasteiger partial charge is 0.253 e. The first-order valence-electron chi connectivity index (χ1n) is 7.08. The first kappa shape index (κ1) is 14.2. The summed E-state index contributed by atoms with van der Waals surface area (Å²) in [6.45, 7) is 2.43. The van der Waals surface area contributed by atoms with E-state index in [-0.39, 0.29) is 11.8 Å². The molecular weight excluding hydrogens is 282 g/mol. The fourth-order valence-corrected chi connectivity index (χ4v) is 2.46. The maximum atomic E-state index is 12.4. The number of aryl methyl sites for hydroxylation is 2. The number of pyridine rings is 1. The van der Waals surface area contributed by atoms with E-state index in [4.69, 9.17) is 0 Å². The van der Waals surface area contributed by atoms with Gasteiger partial charge in [-0.3, -0.25) is 19.3 Å². The summed E-state index contributed by atoms with van der Waals surface area (Å²) in [7, 11) is 1.80. The lowest BCUT2D eigenvalue weighted by Gasteiger charge is -2.15. The van der Waals surface area contributed by atoms with Crippen molar-refractivity contribution < 1.29 is 9.59 Å². The summed E-state index contributed by atoms with van der Waals surface area (Å²) >= 11 is 0. The van der Waals surface area contributed by atoms with Gasteiger partial charge < -0.3 is 10.2 Å². The first-order chi connectivity index (χ1) is 10.5. The van der Waals surface area contributed by atoms with Crippen LogP contribution in [0.4, 0.5) is 5.69 Å². The Labute approximate surface area is 127 Å². The Kier molecular flexibility index (Phi) is 3.62. The molecule has 3 heterocycles. The van der Waals surface area contributed by atoms with Gasteiger partial charge in [-0.25, -0.2) is 0 Å². The Morgan fingerprint density at radius 3 is 2.82 bits per heavy atom. The number of rotatable bonds is 3. The van der Waals surface area contributed by atoms with Gasteiger partial charge in [0.15, 0.2) is 0 Å². The van der Waals surface area contributed by atoms with E-state index in [1.54, 1.807) is 41.2 Å². The fraction of sp³-hybridized carbons (Fsp3) is 0.333. The molecule has 1 atom stereocenters. The van der Waals surface area contributed by atoms with E-state index in [0.29, 0.717) is 18.5 Å². The summed E-state index contributed by atoms with van der Waals surface area (Å²) in [5, 5.41) is 6.84. The molecule has 114 valence electrons. The third-order valence-corrected chi connectivity index (χ3v) is 3.69. The summed E-state index contributed by atoms with van der Waals surface area (Å²) in [6.07, 6.45) is 5.53. The third kappa shape index (κ3) is 2.69. The second-order valence-electron chi connectivity index (χ2n) is 5.37. The Morgan fingerprint density at radius 2 is 2.18 bits per heavy atom. The minimum Gasteiger partial charge on any atom is -0.340 e. The van der Waals surface area contributed by atoms with Crippen LogP contribution >= 0.6 is 0 Å². The second-order valence-corrected chi connectivity index (χ2v) is 5.37. The molecule has 7 heteroatoms. The molecule has 1 fully saturated rings. The lowest BCUT2D eigenvalue weighted by molar-refractivity contribution is -0.118. The molecule has 0 spiro atoms. The predicted molar refractivity (Wildman–Crippen MR) is 80.4 cm³/mol. The van der Waals surface area contributed by atoms with Crippen LogP contribution in [0.15, 0.2) is 30.7 Å². The normalized spacial score (nSPS) is 17.8. The topological polar surface area (TPSA) is 80.1 Å². The number of nitrogens with zero attached hydrogens (tertiary/aromatic N) is 4. The highest BCUT2D eigenvalue weighted by Gasteiger charge is 2.34. The largest absolute Gasteiger partial charge is 0.340 e. The number of amides is 2. The minimum absolute atomic E-state index is 0.110. The Bertz CT molecular complexity index is 707. The van der Waals surface area contributed by atoms with E-state index in [9.17, 15) is 9.59 Å². The zero-order valence-electron chi connectivity index (χ0n) is 12.5. The minimum atomic E-state index is -0.506. The molecule has 3 rings (SSSR count). The molecule has 0 saturated carbocycles. The molecule has 22 heavy (non-hydrogen) atoms. The number of nitrogens with one attached hydrogen (secondary N) is 1. The van der Waals surface area contributed by atoms with E-state index in [0.717, 1.165) is 11.4 Å². The molecular formula is C15H17N5O2. The number of carbonyl (C=O) groups excluding carboxylic acids is 2. The van der Waals surface area contributed by atoms with Gasteiger partial charge in [0.2, 0.25) is 5.91 Å². The maximum Gasteiger partial charge on any atom is 0.253 e. The van der Waals surface area contributed by atoms with Crippen LogP contribution in [0.1, 0.15) is 22.5 Å². The first-order valence-corrected chi connectivity index (χ1v) is 7.08. The fourth-order valence-electron chi connectivity index (χ4n) is 2.46. The molecule has 7 nitrogen and oxygen atoms in total. The van der Waals surface area contributed by atoms with Gasteiger partial charge in [-0.15, -0.1) is 0 Å². The summed E-state index contributed by atoms with van der Waals surface area (Å²) in [6, 6.07) is 2.97. The van der Waals surface area contributed by atoms with Crippen LogP contribution in [-0.4, -0.2) is 39.2 Å². The van der Waals surface area contributed by atoms with Crippen molar-refractivity contribution in [3.05, 3.63) is 42.0 Å². The Hall–Kier alpha value is -2.70. The van der Waals surface area contributed by atoms with Crippen LogP contribution in [0.3, 0.4) is 0 Å².